The van der Waals surface area contributed by atoms with E-state index in [-0.39, 0.29) is 11.4 Å². The number of nitrogens with zero attached hydrogens (tertiary/aromatic N) is 3. The highest BCUT2D eigenvalue weighted by molar-refractivity contribution is 7.89. The molecule has 1 aromatic heterocycles. The molecule has 0 saturated carbocycles. The van der Waals surface area contributed by atoms with Crippen LogP contribution in [0.25, 0.3) is 0 Å². The van der Waals surface area contributed by atoms with Crippen molar-refractivity contribution in [2.24, 2.45) is 5.73 Å². The topological polar surface area (TPSA) is 95.3 Å². The lowest BCUT2D eigenvalue weighted by molar-refractivity contribution is 0.0851. The van der Waals surface area contributed by atoms with E-state index in [2.05, 4.69) is 15.1 Å². The molecule has 2 aliphatic heterocycles. The third-order valence-electron chi connectivity index (χ3n) is 4.55. The monoisotopic (exact) mass is 313 g/mol. The van der Waals surface area contributed by atoms with Crippen LogP contribution in [0.4, 0.5) is 0 Å². The number of piperazine rings is 1. The maximum atomic E-state index is 12.9. The highest BCUT2D eigenvalue weighted by atomic mass is 32.2. The number of nitrogens with one attached hydrogen (secondary N) is 1. The molecule has 21 heavy (non-hydrogen) atoms. The van der Waals surface area contributed by atoms with Crippen LogP contribution in [0.5, 0.6) is 0 Å². The Balaban J connectivity index is 1.87. The van der Waals surface area contributed by atoms with Gasteiger partial charge in [-0.2, -0.15) is 9.40 Å². The summed E-state index contributed by atoms with van der Waals surface area (Å²) < 4.78 is 27.4. The van der Waals surface area contributed by atoms with Gasteiger partial charge in [0.2, 0.25) is 10.0 Å². The summed E-state index contributed by atoms with van der Waals surface area (Å²) in [5.41, 5.74) is 6.62. The lowest BCUT2D eigenvalue weighted by atomic mass is 10.0. The summed E-state index contributed by atoms with van der Waals surface area (Å²) >= 11 is 0. The van der Waals surface area contributed by atoms with Crippen LogP contribution in [-0.2, 0) is 16.6 Å². The lowest BCUT2D eigenvalue weighted by Crippen LogP contribution is -2.56. The second-order valence-electron chi connectivity index (χ2n) is 5.88. The van der Waals surface area contributed by atoms with Gasteiger partial charge in [-0.25, -0.2) is 8.42 Å². The minimum Gasteiger partial charge on any atom is -0.325 e. The van der Waals surface area contributed by atoms with Crippen molar-refractivity contribution >= 4 is 10.0 Å². The number of hydrogen-bond donors (Lipinski definition) is 2. The minimum atomic E-state index is -3.51. The minimum absolute atomic E-state index is 0.127. The van der Waals surface area contributed by atoms with Gasteiger partial charge < -0.3 is 5.73 Å². The summed E-state index contributed by atoms with van der Waals surface area (Å²) in [5, 5.41) is 6.75. The number of aromatic amines is 1. The third-order valence-corrected chi connectivity index (χ3v) is 6.62. The van der Waals surface area contributed by atoms with Crippen LogP contribution in [-0.4, -0.2) is 60.0 Å². The number of hydrogen-bond acceptors (Lipinski definition) is 5. The van der Waals surface area contributed by atoms with Gasteiger partial charge in [0.1, 0.15) is 4.90 Å². The third kappa shape index (κ3) is 2.61. The zero-order valence-corrected chi connectivity index (χ0v) is 13.2. The van der Waals surface area contributed by atoms with Crippen LogP contribution in [0, 0.1) is 6.92 Å². The molecule has 0 amide bonds. The van der Waals surface area contributed by atoms with Crippen LogP contribution < -0.4 is 5.73 Å². The van der Waals surface area contributed by atoms with Gasteiger partial charge >= 0.3 is 0 Å². The Morgan fingerprint density at radius 2 is 2.14 bits per heavy atom. The Hall–Kier alpha value is -0.960. The molecule has 2 aliphatic rings. The molecule has 3 rings (SSSR count). The molecule has 1 atom stereocenters. The van der Waals surface area contributed by atoms with Crippen molar-refractivity contribution in [2.45, 2.75) is 43.7 Å². The Labute approximate surface area is 125 Å². The summed E-state index contributed by atoms with van der Waals surface area (Å²) in [6, 6.07) is 0.357. The molecule has 8 heteroatoms. The Morgan fingerprint density at radius 1 is 1.33 bits per heavy atom. The smallest absolute Gasteiger partial charge is 0.246 e. The van der Waals surface area contributed by atoms with Crippen molar-refractivity contribution in [1.82, 2.24) is 19.4 Å². The summed E-state index contributed by atoms with van der Waals surface area (Å²) in [5.74, 6) is 0. The first kappa shape index (κ1) is 15.0. The normalized spacial score (nSPS) is 25.0. The first-order valence-corrected chi connectivity index (χ1v) is 8.96. The number of H-pyrrole nitrogens is 1. The van der Waals surface area contributed by atoms with E-state index >= 15 is 0 Å². The van der Waals surface area contributed by atoms with Crippen molar-refractivity contribution in [3.63, 3.8) is 0 Å². The van der Waals surface area contributed by atoms with Crippen LogP contribution in [0.15, 0.2) is 4.90 Å². The maximum absolute atomic E-state index is 12.9. The summed E-state index contributed by atoms with van der Waals surface area (Å²) in [7, 11) is -3.51. The van der Waals surface area contributed by atoms with Gasteiger partial charge in [-0.3, -0.25) is 10.00 Å². The number of aryl methyl sites for hydroxylation is 1. The predicted octanol–water partition coefficient (Wildman–Crippen LogP) is 0.0356. The zero-order valence-electron chi connectivity index (χ0n) is 12.4. The second-order valence-corrected chi connectivity index (χ2v) is 7.75. The number of fused-ring (bicyclic) bond motifs is 1. The van der Waals surface area contributed by atoms with Gasteiger partial charge in [0.05, 0.1) is 11.4 Å². The second kappa shape index (κ2) is 5.68. The molecular formula is C13H23N5O2S. The van der Waals surface area contributed by atoms with Gasteiger partial charge in [-0.05, 0) is 26.3 Å². The maximum Gasteiger partial charge on any atom is 0.246 e. The molecule has 0 aromatic carbocycles. The number of aromatic nitrogens is 2. The average Bonchev–Trinajstić information content (AvgIpc) is 2.88. The Bertz CT molecular complexity index is 612. The van der Waals surface area contributed by atoms with Gasteiger partial charge in [-0.1, -0.05) is 6.42 Å². The average molecular weight is 313 g/mol. The van der Waals surface area contributed by atoms with E-state index in [4.69, 9.17) is 5.73 Å². The fraction of sp³-hybridized carbons (Fsp3) is 0.769. The fourth-order valence-corrected chi connectivity index (χ4v) is 5.23. The number of sulfonamides is 1. The Morgan fingerprint density at radius 3 is 2.90 bits per heavy atom. The van der Waals surface area contributed by atoms with E-state index in [1.54, 1.807) is 11.2 Å². The van der Waals surface area contributed by atoms with Crippen molar-refractivity contribution in [1.29, 1.82) is 0 Å². The highest BCUT2D eigenvalue weighted by Crippen LogP contribution is 2.27. The van der Waals surface area contributed by atoms with E-state index in [1.807, 2.05) is 0 Å². The SMILES string of the molecule is Cc1[nH]nc(CN)c1S(=O)(=O)N1CCN2CCCCC2C1. The molecule has 2 fully saturated rings. The van der Waals surface area contributed by atoms with E-state index in [1.165, 1.54) is 12.8 Å². The summed E-state index contributed by atoms with van der Waals surface area (Å²) in [4.78, 5) is 2.69. The van der Waals surface area contributed by atoms with E-state index in [9.17, 15) is 8.42 Å². The molecule has 0 bridgehead atoms. The van der Waals surface area contributed by atoms with Crippen molar-refractivity contribution in [3.8, 4) is 0 Å². The quantitative estimate of drug-likeness (QED) is 0.821. The van der Waals surface area contributed by atoms with Crippen LogP contribution >= 0.6 is 0 Å². The number of piperidine rings is 1. The number of rotatable bonds is 3. The van der Waals surface area contributed by atoms with Gasteiger partial charge in [0.15, 0.2) is 0 Å². The zero-order chi connectivity index (χ0) is 15.0. The molecule has 118 valence electrons. The van der Waals surface area contributed by atoms with E-state index < -0.39 is 10.0 Å². The lowest BCUT2D eigenvalue weighted by Gasteiger charge is -2.43. The van der Waals surface area contributed by atoms with Crippen molar-refractivity contribution in [2.75, 3.05) is 26.2 Å². The van der Waals surface area contributed by atoms with Crippen LogP contribution in [0.2, 0.25) is 0 Å². The predicted molar refractivity (Wildman–Crippen MR) is 79.2 cm³/mol. The molecule has 0 aliphatic carbocycles. The highest BCUT2D eigenvalue weighted by Gasteiger charge is 2.37. The van der Waals surface area contributed by atoms with Crippen molar-refractivity contribution < 1.29 is 8.42 Å². The summed E-state index contributed by atoms with van der Waals surface area (Å²) in [6.07, 6.45) is 3.50. The van der Waals surface area contributed by atoms with Gasteiger partial charge in [0.25, 0.3) is 0 Å². The molecule has 0 spiro atoms. The van der Waals surface area contributed by atoms with E-state index in [0.717, 1.165) is 19.5 Å². The van der Waals surface area contributed by atoms with E-state index in [0.29, 0.717) is 30.5 Å². The Kier molecular flexibility index (Phi) is 4.04. The first-order chi connectivity index (χ1) is 10.0. The molecule has 3 N–H and O–H groups in total. The van der Waals surface area contributed by atoms with Crippen molar-refractivity contribution in [3.05, 3.63) is 11.4 Å². The molecule has 0 radical (unpaired) electrons. The largest absolute Gasteiger partial charge is 0.325 e. The molecular weight excluding hydrogens is 290 g/mol. The molecule has 3 heterocycles. The van der Waals surface area contributed by atoms with Crippen LogP contribution in [0.1, 0.15) is 30.7 Å². The molecule has 2 saturated heterocycles. The van der Waals surface area contributed by atoms with Gasteiger partial charge in [0, 0.05) is 32.2 Å². The summed E-state index contributed by atoms with van der Waals surface area (Å²) in [6.45, 7) is 4.90. The van der Waals surface area contributed by atoms with Crippen LogP contribution in [0.3, 0.4) is 0 Å². The standard InChI is InChI=1S/C13H23N5O2S/c1-10-13(12(8-14)16-15-10)21(19,20)18-7-6-17-5-3-2-4-11(17)9-18/h11H,2-9,14H2,1H3,(H,15,16). The van der Waals surface area contributed by atoms with Gasteiger partial charge in [-0.15, -0.1) is 0 Å². The first-order valence-electron chi connectivity index (χ1n) is 7.52. The molecule has 1 unspecified atom stereocenters. The molecule has 7 nitrogen and oxygen atoms in total. The molecule has 1 aromatic rings. The fourth-order valence-electron chi connectivity index (χ4n) is 3.42. The number of nitrogens with two attached hydrogens (primary N) is 1.